The predicted octanol–water partition coefficient (Wildman–Crippen LogP) is 2.85. The number of carbonyl (C=O) groups is 1. The van der Waals surface area contributed by atoms with Crippen LogP contribution in [0.1, 0.15) is 28.4 Å². The Morgan fingerprint density at radius 3 is 2.56 bits per heavy atom. The van der Waals surface area contributed by atoms with Gasteiger partial charge >= 0.3 is 12.1 Å². The van der Waals surface area contributed by atoms with Crippen molar-refractivity contribution in [2.45, 2.75) is 18.6 Å². The summed E-state index contributed by atoms with van der Waals surface area (Å²) in [5, 5.41) is 0. The van der Waals surface area contributed by atoms with Crippen LogP contribution in [0.5, 0.6) is 0 Å². The van der Waals surface area contributed by atoms with Gasteiger partial charge in [0.05, 0.1) is 19.1 Å². The van der Waals surface area contributed by atoms with E-state index < -0.39 is 24.6 Å². The van der Waals surface area contributed by atoms with Crippen LogP contribution in [0.4, 0.5) is 13.2 Å². The molecule has 0 saturated carbocycles. The fourth-order valence-corrected chi connectivity index (χ4v) is 1.38. The zero-order chi connectivity index (χ0) is 13.1. The van der Waals surface area contributed by atoms with Gasteiger partial charge in [-0.2, -0.15) is 13.2 Å². The van der Waals surface area contributed by atoms with E-state index in [9.17, 15) is 18.0 Å². The Labute approximate surface area is 109 Å². The maximum Gasteiger partial charge on any atom is 0.390 e. The lowest BCUT2D eigenvalue weighted by Crippen LogP contribution is -2.20. The fourth-order valence-electron chi connectivity index (χ4n) is 1.38. The quantitative estimate of drug-likeness (QED) is 0.868. The average Bonchev–Trinajstić information content (AvgIpc) is 2.26. The van der Waals surface area contributed by atoms with Crippen molar-refractivity contribution in [3.8, 4) is 0 Å². The number of ether oxygens (including phenoxy) is 1. The molecule has 0 unspecified atom stereocenters. The molecule has 0 spiro atoms. The highest BCUT2D eigenvalue weighted by atomic mass is 35.5. The van der Waals surface area contributed by atoms with Gasteiger partial charge in [0.2, 0.25) is 0 Å². The van der Waals surface area contributed by atoms with Crippen molar-refractivity contribution in [3.05, 3.63) is 35.4 Å². The van der Waals surface area contributed by atoms with Crippen molar-refractivity contribution >= 4 is 18.4 Å². The molecule has 0 aliphatic rings. The molecule has 0 saturated heterocycles. The molecular formula is C11H13ClF3NO2. The summed E-state index contributed by atoms with van der Waals surface area (Å²) >= 11 is 0. The number of esters is 1. The lowest BCUT2D eigenvalue weighted by atomic mass is 10.0. The number of nitrogens with two attached hydrogens (primary N) is 1. The first kappa shape index (κ1) is 16.7. The van der Waals surface area contributed by atoms with Crippen LogP contribution in [-0.2, 0) is 4.74 Å². The fraction of sp³-hybridized carbons (Fsp3) is 0.364. The summed E-state index contributed by atoms with van der Waals surface area (Å²) in [6, 6.07) is 4.50. The van der Waals surface area contributed by atoms with Gasteiger partial charge in [-0.15, -0.1) is 12.4 Å². The van der Waals surface area contributed by atoms with Gasteiger partial charge < -0.3 is 10.5 Å². The third-order valence-corrected chi connectivity index (χ3v) is 2.19. The second-order valence-electron chi connectivity index (χ2n) is 3.54. The number of rotatable bonds is 3. The van der Waals surface area contributed by atoms with Gasteiger partial charge in [-0.3, -0.25) is 0 Å². The van der Waals surface area contributed by atoms with Crippen LogP contribution in [-0.4, -0.2) is 19.3 Å². The summed E-state index contributed by atoms with van der Waals surface area (Å²) in [5.74, 6) is -0.606. The van der Waals surface area contributed by atoms with Crippen LogP contribution >= 0.6 is 12.4 Å². The van der Waals surface area contributed by atoms with Gasteiger partial charge in [-0.1, -0.05) is 12.1 Å². The predicted molar refractivity (Wildman–Crippen MR) is 62.6 cm³/mol. The lowest BCUT2D eigenvalue weighted by Gasteiger charge is -2.14. The minimum Gasteiger partial charge on any atom is -0.465 e. The summed E-state index contributed by atoms with van der Waals surface area (Å²) < 4.78 is 40.9. The molecule has 0 radical (unpaired) electrons. The number of methoxy groups -OCH3 is 1. The Bertz CT molecular complexity index is 410. The second kappa shape index (κ2) is 6.61. The Morgan fingerprint density at radius 1 is 1.44 bits per heavy atom. The van der Waals surface area contributed by atoms with Crippen molar-refractivity contribution in [1.29, 1.82) is 0 Å². The SMILES string of the molecule is COC(=O)c1cccc([C@@H](N)CC(F)(F)F)c1.Cl. The molecule has 3 nitrogen and oxygen atoms in total. The van der Waals surface area contributed by atoms with Crippen molar-refractivity contribution in [1.82, 2.24) is 0 Å². The highest BCUT2D eigenvalue weighted by Crippen LogP contribution is 2.28. The highest BCUT2D eigenvalue weighted by Gasteiger charge is 2.31. The monoisotopic (exact) mass is 283 g/mol. The minimum absolute atomic E-state index is 0. The van der Waals surface area contributed by atoms with E-state index >= 15 is 0 Å². The van der Waals surface area contributed by atoms with Crippen LogP contribution in [0.25, 0.3) is 0 Å². The Balaban J connectivity index is 0.00000289. The van der Waals surface area contributed by atoms with Crippen LogP contribution in [0, 0.1) is 0 Å². The number of hydrogen-bond donors (Lipinski definition) is 1. The van der Waals surface area contributed by atoms with Gasteiger partial charge in [0.15, 0.2) is 0 Å². The number of benzene rings is 1. The first-order valence-electron chi connectivity index (χ1n) is 4.84. The van der Waals surface area contributed by atoms with E-state index in [4.69, 9.17) is 5.73 Å². The lowest BCUT2D eigenvalue weighted by molar-refractivity contribution is -0.138. The molecule has 0 aromatic heterocycles. The molecule has 2 N–H and O–H groups in total. The summed E-state index contributed by atoms with van der Waals surface area (Å²) in [6.07, 6.45) is -5.46. The van der Waals surface area contributed by atoms with Crippen molar-refractivity contribution < 1.29 is 22.7 Å². The number of hydrogen-bond acceptors (Lipinski definition) is 3. The third-order valence-electron chi connectivity index (χ3n) is 2.19. The molecular weight excluding hydrogens is 271 g/mol. The van der Waals surface area contributed by atoms with E-state index in [2.05, 4.69) is 4.74 Å². The molecule has 0 amide bonds. The standard InChI is InChI=1S/C11H12F3NO2.ClH/c1-17-10(16)8-4-2-3-7(5-8)9(15)6-11(12,13)14;/h2-5,9H,6,15H2,1H3;1H/t9-;/m0./s1. The van der Waals surface area contributed by atoms with Crippen LogP contribution in [0.2, 0.25) is 0 Å². The molecule has 0 aliphatic heterocycles. The van der Waals surface area contributed by atoms with Gasteiger partial charge in [0.1, 0.15) is 0 Å². The number of halogens is 4. The molecule has 0 aliphatic carbocycles. The Hall–Kier alpha value is -1.27. The summed E-state index contributed by atoms with van der Waals surface area (Å²) in [4.78, 5) is 11.2. The topological polar surface area (TPSA) is 52.3 Å². The molecule has 0 fully saturated rings. The molecule has 18 heavy (non-hydrogen) atoms. The second-order valence-corrected chi connectivity index (χ2v) is 3.54. The van der Waals surface area contributed by atoms with E-state index in [0.717, 1.165) is 0 Å². The van der Waals surface area contributed by atoms with Crippen LogP contribution < -0.4 is 5.73 Å². The molecule has 1 atom stereocenters. The maximum atomic E-state index is 12.1. The zero-order valence-corrected chi connectivity index (χ0v) is 10.3. The van der Waals surface area contributed by atoms with E-state index in [1.54, 1.807) is 0 Å². The smallest absolute Gasteiger partial charge is 0.390 e. The first-order chi connectivity index (χ1) is 7.83. The summed E-state index contributed by atoms with van der Waals surface area (Å²) in [5.41, 5.74) is 5.86. The highest BCUT2D eigenvalue weighted by molar-refractivity contribution is 5.89. The molecule has 0 heterocycles. The molecule has 0 bridgehead atoms. The average molecular weight is 284 g/mol. The number of alkyl halides is 3. The van der Waals surface area contributed by atoms with Crippen molar-refractivity contribution in [2.75, 3.05) is 7.11 Å². The van der Waals surface area contributed by atoms with Gasteiger partial charge in [0, 0.05) is 6.04 Å². The molecule has 1 rings (SSSR count). The summed E-state index contributed by atoms with van der Waals surface area (Å²) in [6.45, 7) is 0. The number of carbonyl (C=O) groups excluding carboxylic acids is 1. The minimum atomic E-state index is -4.33. The largest absolute Gasteiger partial charge is 0.465 e. The third kappa shape index (κ3) is 4.93. The molecule has 1 aromatic rings. The first-order valence-corrected chi connectivity index (χ1v) is 4.84. The van der Waals surface area contributed by atoms with E-state index in [-0.39, 0.29) is 23.5 Å². The van der Waals surface area contributed by atoms with Gasteiger partial charge in [0.25, 0.3) is 0 Å². The van der Waals surface area contributed by atoms with Crippen molar-refractivity contribution in [2.24, 2.45) is 5.73 Å². The van der Waals surface area contributed by atoms with E-state index in [1.807, 2.05) is 0 Å². The van der Waals surface area contributed by atoms with Gasteiger partial charge in [-0.05, 0) is 17.7 Å². The zero-order valence-electron chi connectivity index (χ0n) is 9.53. The van der Waals surface area contributed by atoms with Crippen LogP contribution in [0.15, 0.2) is 24.3 Å². The van der Waals surface area contributed by atoms with Crippen LogP contribution in [0.3, 0.4) is 0 Å². The molecule has 102 valence electrons. The maximum absolute atomic E-state index is 12.1. The molecule has 1 aromatic carbocycles. The van der Waals surface area contributed by atoms with E-state index in [0.29, 0.717) is 0 Å². The van der Waals surface area contributed by atoms with Gasteiger partial charge in [-0.25, -0.2) is 4.79 Å². The normalized spacial score (nSPS) is 12.5. The van der Waals surface area contributed by atoms with Crippen molar-refractivity contribution in [3.63, 3.8) is 0 Å². The Morgan fingerprint density at radius 2 is 2.06 bits per heavy atom. The Kier molecular flexibility index (Phi) is 6.14. The summed E-state index contributed by atoms with van der Waals surface area (Å²) in [7, 11) is 1.20. The molecule has 7 heteroatoms. The van der Waals surface area contributed by atoms with E-state index in [1.165, 1.54) is 31.4 Å².